The molecule has 2 N–H and O–H groups in total. The summed E-state index contributed by atoms with van der Waals surface area (Å²) in [5, 5.41) is 6.56. The zero-order valence-corrected chi connectivity index (χ0v) is 12.0. The van der Waals surface area contributed by atoms with Crippen molar-refractivity contribution in [1.82, 2.24) is 4.98 Å². The van der Waals surface area contributed by atoms with Crippen LogP contribution in [0, 0.1) is 0 Å². The minimum Gasteiger partial charge on any atom is -0.494 e. The molecule has 2 rings (SSSR count). The third-order valence-electron chi connectivity index (χ3n) is 2.72. The summed E-state index contributed by atoms with van der Waals surface area (Å²) < 4.78 is 5.49. The lowest BCUT2D eigenvalue weighted by Crippen LogP contribution is -2.03. The Morgan fingerprint density at radius 2 is 1.85 bits per heavy atom. The number of benzene rings is 1. The van der Waals surface area contributed by atoms with E-state index in [-0.39, 0.29) is 0 Å². The average Bonchev–Trinajstić information content (AvgIpc) is 2.46. The Kier molecular flexibility index (Phi) is 5.24. The lowest BCUT2D eigenvalue weighted by molar-refractivity contribution is 0.340. The van der Waals surface area contributed by atoms with Crippen LogP contribution < -0.4 is 15.4 Å². The van der Waals surface area contributed by atoms with Gasteiger partial charge in [-0.3, -0.25) is 0 Å². The highest BCUT2D eigenvalue weighted by Gasteiger charge is 2.00. The SMILES string of the molecule is CCCNc1cccc(Nc2cccc(OCC)c2)n1. The lowest BCUT2D eigenvalue weighted by Gasteiger charge is -2.10. The Morgan fingerprint density at radius 1 is 1.05 bits per heavy atom. The summed E-state index contributed by atoms with van der Waals surface area (Å²) >= 11 is 0. The molecule has 0 fully saturated rings. The molecule has 4 heteroatoms. The smallest absolute Gasteiger partial charge is 0.132 e. The molecule has 0 spiro atoms. The molecule has 0 bridgehead atoms. The van der Waals surface area contributed by atoms with Gasteiger partial charge in [-0.1, -0.05) is 19.1 Å². The van der Waals surface area contributed by atoms with Gasteiger partial charge in [0.05, 0.1) is 6.61 Å². The summed E-state index contributed by atoms with van der Waals surface area (Å²) in [6, 6.07) is 13.8. The van der Waals surface area contributed by atoms with E-state index in [4.69, 9.17) is 4.74 Å². The molecule has 2 aromatic rings. The molecule has 4 nitrogen and oxygen atoms in total. The van der Waals surface area contributed by atoms with E-state index in [2.05, 4.69) is 22.5 Å². The lowest BCUT2D eigenvalue weighted by atomic mass is 10.3. The summed E-state index contributed by atoms with van der Waals surface area (Å²) in [5.74, 6) is 2.57. The number of nitrogens with one attached hydrogen (secondary N) is 2. The van der Waals surface area contributed by atoms with E-state index in [0.29, 0.717) is 6.61 Å². The van der Waals surface area contributed by atoms with Crippen LogP contribution in [0.4, 0.5) is 17.3 Å². The van der Waals surface area contributed by atoms with Crippen molar-refractivity contribution >= 4 is 17.3 Å². The molecule has 0 aliphatic heterocycles. The topological polar surface area (TPSA) is 46.2 Å². The van der Waals surface area contributed by atoms with Gasteiger partial charge < -0.3 is 15.4 Å². The van der Waals surface area contributed by atoms with Crippen molar-refractivity contribution < 1.29 is 4.74 Å². The molecule has 106 valence electrons. The van der Waals surface area contributed by atoms with E-state index in [9.17, 15) is 0 Å². The Balaban J connectivity index is 2.07. The van der Waals surface area contributed by atoms with E-state index >= 15 is 0 Å². The van der Waals surface area contributed by atoms with Gasteiger partial charge in [-0.05, 0) is 37.6 Å². The number of hydrogen-bond acceptors (Lipinski definition) is 4. The Bertz CT molecular complexity index is 543. The van der Waals surface area contributed by atoms with Gasteiger partial charge in [-0.25, -0.2) is 4.98 Å². The van der Waals surface area contributed by atoms with E-state index < -0.39 is 0 Å². The molecule has 0 saturated heterocycles. The van der Waals surface area contributed by atoms with Crippen LogP contribution in [0.2, 0.25) is 0 Å². The van der Waals surface area contributed by atoms with Gasteiger partial charge in [0.25, 0.3) is 0 Å². The van der Waals surface area contributed by atoms with Crippen LogP contribution in [0.1, 0.15) is 20.3 Å². The molecule has 20 heavy (non-hydrogen) atoms. The Morgan fingerprint density at radius 3 is 2.65 bits per heavy atom. The van der Waals surface area contributed by atoms with Crippen LogP contribution in [-0.2, 0) is 0 Å². The van der Waals surface area contributed by atoms with Crippen LogP contribution in [-0.4, -0.2) is 18.1 Å². The van der Waals surface area contributed by atoms with Gasteiger partial charge in [-0.15, -0.1) is 0 Å². The van der Waals surface area contributed by atoms with E-state index in [0.717, 1.165) is 36.0 Å². The summed E-state index contributed by atoms with van der Waals surface area (Å²) in [7, 11) is 0. The maximum Gasteiger partial charge on any atom is 0.132 e. The van der Waals surface area contributed by atoms with Crippen LogP contribution in [0.25, 0.3) is 0 Å². The quantitative estimate of drug-likeness (QED) is 0.797. The average molecular weight is 271 g/mol. The van der Waals surface area contributed by atoms with E-state index in [1.807, 2.05) is 49.4 Å². The van der Waals surface area contributed by atoms with Crippen molar-refractivity contribution in [3.8, 4) is 5.75 Å². The van der Waals surface area contributed by atoms with Crippen LogP contribution in [0.3, 0.4) is 0 Å². The van der Waals surface area contributed by atoms with Crippen molar-refractivity contribution in [3.63, 3.8) is 0 Å². The first-order chi connectivity index (χ1) is 9.81. The van der Waals surface area contributed by atoms with Gasteiger partial charge >= 0.3 is 0 Å². The Hall–Kier alpha value is -2.23. The number of aromatic nitrogens is 1. The fourth-order valence-electron chi connectivity index (χ4n) is 1.83. The van der Waals surface area contributed by atoms with E-state index in [1.54, 1.807) is 0 Å². The number of anilines is 3. The number of pyridine rings is 1. The standard InChI is InChI=1S/C16H21N3O/c1-3-11-17-15-9-6-10-16(19-15)18-13-7-5-8-14(12-13)20-4-2/h5-10,12H,3-4,11H2,1-2H3,(H2,17,18,19). The molecular weight excluding hydrogens is 250 g/mol. The highest BCUT2D eigenvalue weighted by Crippen LogP contribution is 2.21. The molecule has 0 atom stereocenters. The number of nitrogens with zero attached hydrogens (tertiary/aromatic N) is 1. The van der Waals surface area contributed by atoms with Crippen LogP contribution in [0.15, 0.2) is 42.5 Å². The third kappa shape index (κ3) is 4.16. The second-order valence-corrected chi connectivity index (χ2v) is 4.42. The fraction of sp³-hybridized carbons (Fsp3) is 0.312. The first kappa shape index (κ1) is 14.2. The normalized spacial score (nSPS) is 10.1. The maximum atomic E-state index is 5.49. The van der Waals surface area contributed by atoms with Gasteiger partial charge in [0, 0.05) is 18.3 Å². The molecule has 0 unspecified atom stereocenters. The molecule has 1 heterocycles. The van der Waals surface area contributed by atoms with Crippen molar-refractivity contribution in [3.05, 3.63) is 42.5 Å². The third-order valence-corrected chi connectivity index (χ3v) is 2.72. The van der Waals surface area contributed by atoms with Crippen LogP contribution >= 0.6 is 0 Å². The predicted octanol–water partition coefficient (Wildman–Crippen LogP) is 4.05. The Labute approximate surface area is 120 Å². The molecule has 0 aliphatic carbocycles. The van der Waals surface area contributed by atoms with Gasteiger partial charge in [0.15, 0.2) is 0 Å². The van der Waals surface area contributed by atoms with Crippen molar-refractivity contribution in [2.75, 3.05) is 23.8 Å². The van der Waals surface area contributed by atoms with Gasteiger partial charge in [-0.2, -0.15) is 0 Å². The monoisotopic (exact) mass is 271 g/mol. The van der Waals surface area contributed by atoms with Crippen molar-refractivity contribution in [2.24, 2.45) is 0 Å². The highest BCUT2D eigenvalue weighted by molar-refractivity contribution is 5.59. The van der Waals surface area contributed by atoms with Crippen molar-refractivity contribution in [2.45, 2.75) is 20.3 Å². The molecule has 0 radical (unpaired) electrons. The summed E-state index contributed by atoms with van der Waals surface area (Å²) in [5.41, 5.74) is 0.969. The largest absolute Gasteiger partial charge is 0.494 e. The number of rotatable bonds is 7. The molecule has 0 amide bonds. The zero-order valence-electron chi connectivity index (χ0n) is 12.0. The van der Waals surface area contributed by atoms with Gasteiger partial charge in [0.2, 0.25) is 0 Å². The predicted molar refractivity (Wildman–Crippen MR) is 83.9 cm³/mol. The minimum atomic E-state index is 0.665. The molecule has 0 aliphatic rings. The van der Waals surface area contributed by atoms with Gasteiger partial charge in [0.1, 0.15) is 17.4 Å². The first-order valence-corrected chi connectivity index (χ1v) is 7.02. The molecule has 0 saturated carbocycles. The fourth-order valence-corrected chi connectivity index (χ4v) is 1.83. The second-order valence-electron chi connectivity index (χ2n) is 4.42. The number of hydrogen-bond donors (Lipinski definition) is 2. The summed E-state index contributed by atoms with van der Waals surface area (Å²) in [6.07, 6.45) is 1.08. The molecule has 1 aromatic carbocycles. The first-order valence-electron chi connectivity index (χ1n) is 7.02. The molecular formula is C16H21N3O. The minimum absolute atomic E-state index is 0.665. The summed E-state index contributed by atoms with van der Waals surface area (Å²) in [6.45, 7) is 5.70. The number of ether oxygens (including phenoxy) is 1. The van der Waals surface area contributed by atoms with Crippen LogP contribution in [0.5, 0.6) is 5.75 Å². The highest BCUT2D eigenvalue weighted by atomic mass is 16.5. The maximum absolute atomic E-state index is 5.49. The summed E-state index contributed by atoms with van der Waals surface area (Å²) in [4.78, 5) is 4.52. The second kappa shape index (κ2) is 7.38. The molecule has 1 aromatic heterocycles. The van der Waals surface area contributed by atoms with Crippen molar-refractivity contribution in [1.29, 1.82) is 0 Å². The zero-order chi connectivity index (χ0) is 14.2. The van der Waals surface area contributed by atoms with E-state index in [1.165, 1.54) is 0 Å².